The van der Waals surface area contributed by atoms with Gasteiger partial charge in [-0.05, 0) is 37.1 Å². The molecule has 1 nitrogen and oxygen atoms in total. The monoisotopic (exact) mass is 256 g/mol. The van der Waals surface area contributed by atoms with Crippen molar-refractivity contribution in [1.29, 1.82) is 0 Å². The molecule has 0 unspecified atom stereocenters. The molecule has 0 bridgehead atoms. The van der Waals surface area contributed by atoms with Gasteiger partial charge >= 0.3 is 0 Å². The van der Waals surface area contributed by atoms with E-state index in [0.717, 1.165) is 22.2 Å². The number of hydrogen-bond acceptors (Lipinski definition) is 2. The fraction of sp³-hybridized carbons (Fsp3) is 0.300. The van der Waals surface area contributed by atoms with E-state index in [1.807, 2.05) is 24.3 Å². The van der Waals surface area contributed by atoms with E-state index in [1.165, 1.54) is 11.8 Å². The van der Waals surface area contributed by atoms with Crippen LogP contribution in [-0.2, 0) is 4.79 Å². The molecule has 0 spiro atoms. The highest BCUT2D eigenvalue weighted by Gasteiger charge is 2.29. The van der Waals surface area contributed by atoms with Gasteiger partial charge in [-0.15, -0.1) is 0 Å². The first kappa shape index (κ1) is 9.28. The quantitative estimate of drug-likeness (QED) is 0.754. The molecule has 1 saturated carbocycles. The Bertz CT molecular complexity index is 316. The first-order valence-electron chi connectivity index (χ1n) is 4.23. The highest BCUT2D eigenvalue weighted by Crippen LogP contribution is 2.36. The molecule has 1 aromatic rings. The molecule has 13 heavy (non-hydrogen) atoms. The van der Waals surface area contributed by atoms with Crippen molar-refractivity contribution >= 4 is 32.8 Å². The molecule has 0 saturated heterocycles. The average Bonchev–Trinajstić information content (AvgIpc) is 2.91. The largest absolute Gasteiger partial charge is 0.287 e. The summed E-state index contributed by atoms with van der Waals surface area (Å²) < 4.78 is 1.05. The smallest absolute Gasteiger partial charge is 0.196 e. The first-order valence-corrected chi connectivity index (χ1v) is 5.84. The number of hydrogen-bond donors (Lipinski definition) is 0. The van der Waals surface area contributed by atoms with E-state index < -0.39 is 0 Å². The third kappa shape index (κ3) is 2.58. The van der Waals surface area contributed by atoms with E-state index in [1.54, 1.807) is 0 Å². The molecule has 2 rings (SSSR count). The lowest BCUT2D eigenvalue weighted by molar-refractivity contribution is -0.112. The van der Waals surface area contributed by atoms with Crippen LogP contribution in [0.4, 0.5) is 0 Å². The molecule has 3 heteroatoms. The van der Waals surface area contributed by atoms with Gasteiger partial charge in [0.1, 0.15) is 0 Å². The molecule has 0 atom stereocenters. The number of halogens is 1. The Morgan fingerprint density at radius 1 is 1.31 bits per heavy atom. The maximum Gasteiger partial charge on any atom is 0.196 e. The van der Waals surface area contributed by atoms with Crippen molar-refractivity contribution in [2.75, 3.05) is 0 Å². The number of carbonyl (C=O) groups is 1. The molecular formula is C10H9BrOS. The van der Waals surface area contributed by atoms with Gasteiger partial charge in [-0.25, -0.2) is 0 Å². The Balaban J connectivity index is 2.00. The van der Waals surface area contributed by atoms with Gasteiger partial charge in [0.25, 0.3) is 0 Å². The molecule has 1 aromatic carbocycles. The average molecular weight is 257 g/mol. The van der Waals surface area contributed by atoms with Crippen LogP contribution in [0.15, 0.2) is 33.6 Å². The van der Waals surface area contributed by atoms with Gasteiger partial charge in [0.15, 0.2) is 5.12 Å². The van der Waals surface area contributed by atoms with Crippen LogP contribution in [0.3, 0.4) is 0 Å². The van der Waals surface area contributed by atoms with Crippen LogP contribution in [0.25, 0.3) is 0 Å². The third-order valence-electron chi connectivity index (χ3n) is 1.94. The molecule has 0 heterocycles. The summed E-state index contributed by atoms with van der Waals surface area (Å²) in [6.07, 6.45) is 2.17. The molecule has 0 aromatic heterocycles. The fourth-order valence-electron chi connectivity index (χ4n) is 1.02. The molecule has 0 aliphatic heterocycles. The molecule has 1 aliphatic carbocycles. The predicted octanol–water partition coefficient (Wildman–Crippen LogP) is 3.48. The van der Waals surface area contributed by atoms with Gasteiger partial charge in [-0.3, -0.25) is 4.79 Å². The summed E-state index contributed by atoms with van der Waals surface area (Å²) in [5, 5.41) is 0.322. The highest BCUT2D eigenvalue weighted by atomic mass is 79.9. The molecule has 0 N–H and O–H groups in total. The van der Waals surface area contributed by atoms with Gasteiger partial charge in [0.2, 0.25) is 0 Å². The van der Waals surface area contributed by atoms with Gasteiger partial charge in [0, 0.05) is 15.3 Å². The van der Waals surface area contributed by atoms with Crippen LogP contribution in [0.1, 0.15) is 12.8 Å². The predicted molar refractivity (Wildman–Crippen MR) is 57.7 cm³/mol. The van der Waals surface area contributed by atoms with Crippen molar-refractivity contribution < 1.29 is 4.79 Å². The Morgan fingerprint density at radius 2 is 1.92 bits per heavy atom. The maximum absolute atomic E-state index is 11.4. The number of carbonyl (C=O) groups excluding carboxylic acids is 1. The second-order valence-corrected chi connectivity index (χ2v) is 5.14. The Morgan fingerprint density at radius 3 is 2.46 bits per heavy atom. The van der Waals surface area contributed by atoms with Crippen LogP contribution in [0.2, 0.25) is 0 Å². The minimum Gasteiger partial charge on any atom is -0.287 e. The normalized spacial score (nSPS) is 15.8. The number of thioether (sulfide) groups is 1. The van der Waals surface area contributed by atoms with Crippen LogP contribution in [0, 0.1) is 5.92 Å². The van der Waals surface area contributed by atoms with E-state index in [0.29, 0.717) is 11.0 Å². The zero-order valence-electron chi connectivity index (χ0n) is 7.00. The standard InChI is InChI=1S/C10H9BrOS/c11-8-3-5-9(6-4-8)13-10(12)7-1-2-7/h3-7H,1-2H2. The topological polar surface area (TPSA) is 17.1 Å². The van der Waals surface area contributed by atoms with E-state index in [4.69, 9.17) is 0 Å². The minimum absolute atomic E-state index is 0.322. The molecular weight excluding hydrogens is 248 g/mol. The van der Waals surface area contributed by atoms with Crippen molar-refractivity contribution in [3.05, 3.63) is 28.7 Å². The summed E-state index contributed by atoms with van der Waals surface area (Å²) in [7, 11) is 0. The highest BCUT2D eigenvalue weighted by molar-refractivity contribution is 9.10. The molecule has 1 fully saturated rings. The lowest BCUT2D eigenvalue weighted by Crippen LogP contribution is -1.92. The summed E-state index contributed by atoms with van der Waals surface area (Å²) in [5.41, 5.74) is 0. The van der Waals surface area contributed by atoms with Crippen LogP contribution >= 0.6 is 27.7 Å². The Hall–Kier alpha value is -0.280. The second kappa shape index (κ2) is 3.84. The van der Waals surface area contributed by atoms with Crippen molar-refractivity contribution in [2.24, 2.45) is 5.92 Å². The van der Waals surface area contributed by atoms with Crippen molar-refractivity contribution in [3.8, 4) is 0 Å². The van der Waals surface area contributed by atoms with Crippen molar-refractivity contribution in [1.82, 2.24) is 0 Å². The van der Waals surface area contributed by atoms with Crippen molar-refractivity contribution in [2.45, 2.75) is 17.7 Å². The maximum atomic E-state index is 11.4. The van der Waals surface area contributed by atoms with E-state index >= 15 is 0 Å². The van der Waals surface area contributed by atoms with Crippen LogP contribution in [0.5, 0.6) is 0 Å². The molecule has 1 aliphatic rings. The summed E-state index contributed by atoms with van der Waals surface area (Å²) >= 11 is 4.72. The first-order chi connectivity index (χ1) is 6.25. The van der Waals surface area contributed by atoms with E-state index in [9.17, 15) is 4.79 Å². The van der Waals surface area contributed by atoms with Gasteiger partial charge in [-0.2, -0.15) is 0 Å². The second-order valence-electron chi connectivity index (χ2n) is 3.15. The summed E-state index contributed by atoms with van der Waals surface area (Å²) in [6, 6.07) is 7.86. The summed E-state index contributed by atoms with van der Waals surface area (Å²) in [4.78, 5) is 12.5. The zero-order chi connectivity index (χ0) is 9.26. The van der Waals surface area contributed by atoms with E-state index in [2.05, 4.69) is 15.9 Å². The van der Waals surface area contributed by atoms with Crippen LogP contribution < -0.4 is 0 Å². The SMILES string of the molecule is O=C(Sc1ccc(Br)cc1)C1CC1. The molecule has 0 amide bonds. The third-order valence-corrected chi connectivity index (χ3v) is 3.51. The van der Waals surface area contributed by atoms with Gasteiger partial charge in [-0.1, -0.05) is 27.7 Å². The Kier molecular flexibility index (Phi) is 2.74. The van der Waals surface area contributed by atoms with Gasteiger partial charge < -0.3 is 0 Å². The minimum atomic E-state index is 0.322. The lowest BCUT2D eigenvalue weighted by Gasteiger charge is -1.98. The lowest BCUT2D eigenvalue weighted by atomic mass is 10.4. The summed E-state index contributed by atoms with van der Waals surface area (Å²) in [6.45, 7) is 0. The van der Waals surface area contributed by atoms with Gasteiger partial charge in [0.05, 0.1) is 0 Å². The summed E-state index contributed by atoms with van der Waals surface area (Å²) in [5.74, 6) is 0.341. The fourth-order valence-corrected chi connectivity index (χ4v) is 2.19. The Labute approximate surface area is 90.0 Å². The van der Waals surface area contributed by atoms with Crippen molar-refractivity contribution in [3.63, 3.8) is 0 Å². The molecule has 0 radical (unpaired) electrons. The zero-order valence-corrected chi connectivity index (χ0v) is 9.40. The van der Waals surface area contributed by atoms with Crippen LogP contribution in [-0.4, -0.2) is 5.12 Å². The number of rotatable bonds is 2. The number of benzene rings is 1. The molecule has 68 valence electrons. The van der Waals surface area contributed by atoms with E-state index in [-0.39, 0.29) is 0 Å².